The number of nitrogens with zero attached hydrogens (tertiary/aromatic N) is 3. The van der Waals surface area contributed by atoms with E-state index in [1.807, 2.05) is 19.2 Å². The fourth-order valence-corrected chi connectivity index (χ4v) is 1.99. The molecule has 2 aromatic heterocycles. The summed E-state index contributed by atoms with van der Waals surface area (Å²) in [6, 6.07) is 1.94. The zero-order chi connectivity index (χ0) is 14.5. The maximum Gasteiger partial charge on any atom is 0.293 e. The van der Waals surface area contributed by atoms with E-state index in [4.69, 9.17) is 0 Å². The van der Waals surface area contributed by atoms with Crippen molar-refractivity contribution >= 4 is 5.82 Å². The number of aryl methyl sites for hydroxylation is 1. The first kappa shape index (κ1) is 14.2. The van der Waals surface area contributed by atoms with Crippen molar-refractivity contribution in [1.82, 2.24) is 14.5 Å². The Morgan fingerprint density at radius 3 is 2.85 bits per heavy atom. The van der Waals surface area contributed by atoms with Gasteiger partial charge in [0.25, 0.3) is 5.56 Å². The maximum atomic E-state index is 12.2. The predicted octanol–water partition coefficient (Wildman–Crippen LogP) is 2.21. The largest absolute Gasteiger partial charge is 0.361 e. The fourth-order valence-electron chi connectivity index (χ4n) is 1.99. The van der Waals surface area contributed by atoms with Crippen LogP contribution in [-0.2, 0) is 13.1 Å². The molecular weight excluding hydrogens is 252 g/mol. The van der Waals surface area contributed by atoms with Crippen molar-refractivity contribution in [1.29, 1.82) is 0 Å². The maximum absolute atomic E-state index is 12.2. The second kappa shape index (κ2) is 6.32. The number of aromatic nitrogens is 3. The van der Waals surface area contributed by atoms with Gasteiger partial charge in [-0.05, 0) is 30.0 Å². The molecule has 0 aliphatic carbocycles. The van der Waals surface area contributed by atoms with Gasteiger partial charge >= 0.3 is 0 Å². The molecular formula is C15H20N4O. The van der Waals surface area contributed by atoms with Crippen molar-refractivity contribution in [3.63, 3.8) is 0 Å². The van der Waals surface area contributed by atoms with E-state index in [0.29, 0.717) is 24.8 Å². The molecule has 0 saturated heterocycles. The summed E-state index contributed by atoms with van der Waals surface area (Å²) in [4.78, 5) is 20.4. The van der Waals surface area contributed by atoms with Crippen molar-refractivity contribution in [2.45, 2.75) is 33.9 Å². The fraction of sp³-hybridized carbons (Fsp3) is 0.400. The second-order valence-electron chi connectivity index (χ2n) is 5.28. The average molecular weight is 272 g/mol. The Hall–Kier alpha value is -2.17. The van der Waals surface area contributed by atoms with Crippen LogP contribution >= 0.6 is 0 Å². The van der Waals surface area contributed by atoms with E-state index < -0.39 is 0 Å². The SMILES string of the molecule is Cc1cnccc1CNc1nccn(CC(C)C)c1=O. The Labute approximate surface area is 118 Å². The third-order valence-corrected chi connectivity index (χ3v) is 3.06. The van der Waals surface area contributed by atoms with E-state index in [-0.39, 0.29) is 5.56 Å². The molecule has 0 radical (unpaired) electrons. The Morgan fingerprint density at radius 2 is 2.15 bits per heavy atom. The molecule has 5 nitrogen and oxygen atoms in total. The van der Waals surface area contributed by atoms with Crippen LogP contribution in [0.1, 0.15) is 25.0 Å². The summed E-state index contributed by atoms with van der Waals surface area (Å²) in [6.07, 6.45) is 6.95. The highest BCUT2D eigenvalue weighted by Gasteiger charge is 2.06. The van der Waals surface area contributed by atoms with Crippen LogP contribution in [0.5, 0.6) is 0 Å². The molecule has 0 amide bonds. The highest BCUT2D eigenvalue weighted by molar-refractivity contribution is 5.34. The van der Waals surface area contributed by atoms with Crippen LogP contribution in [0.4, 0.5) is 5.82 Å². The van der Waals surface area contributed by atoms with Gasteiger partial charge in [-0.15, -0.1) is 0 Å². The van der Waals surface area contributed by atoms with Crippen molar-refractivity contribution in [3.05, 3.63) is 52.3 Å². The molecule has 0 unspecified atom stereocenters. The molecule has 0 aromatic carbocycles. The zero-order valence-electron chi connectivity index (χ0n) is 12.1. The standard InChI is InChI=1S/C15H20N4O/c1-11(2)10-19-7-6-17-14(15(19)20)18-9-13-4-5-16-8-12(13)3/h4-8,11H,9-10H2,1-3H3,(H,17,18). The van der Waals surface area contributed by atoms with Gasteiger partial charge in [0.05, 0.1) is 0 Å². The smallest absolute Gasteiger partial charge is 0.293 e. The zero-order valence-corrected chi connectivity index (χ0v) is 12.1. The molecule has 5 heteroatoms. The van der Waals surface area contributed by atoms with Crippen molar-refractivity contribution < 1.29 is 0 Å². The summed E-state index contributed by atoms with van der Waals surface area (Å²) in [7, 11) is 0. The first-order valence-corrected chi connectivity index (χ1v) is 6.76. The number of hydrogen-bond donors (Lipinski definition) is 1. The van der Waals surface area contributed by atoms with E-state index in [2.05, 4.69) is 29.1 Å². The van der Waals surface area contributed by atoms with Gasteiger partial charge in [-0.3, -0.25) is 9.78 Å². The van der Waals surface area contributed by atoms with Crippen LogP contribution in [0.2, 0.25) is 0 Å². The van der Waals surface area contributed by atoms with Crippen LogP contribution in [-0.4, -0.2) is 14.5 Å². The lowest BCUT2D eigenvalue weighted by molar-refractivity contribution is 0.509. The van der Waals surface area contributed by atoms with Crippen molar-refractivity contribution in [3.8, 4) is 0 Å². The van der Waals surface area contributed by atoms with Crippen LogP contribution in [0.15, 0.2) is 35.6 Å². The van der Waals surface area contributed by atoms with Crippen LogP contribution < -0.4 is 10.9 Å². The molecule has 0 aliphatic rings. The summed E-state index contributed by atoms with van der Waals surface area (Å²) in [5.74, 6) is 0.815. The third-order valence-electron chi connectivity index (χ3n) is 3.06. The van der Waals surface area contributed by atoms with E-state index in [1.165, 1.54) is 0 Å². The molecule has 2 heterocycles. The molecule has 20 heavy (non-hydrogen) atoms. The monoisotopic (exact) mass is 272 g/mol. The van der Waals surface area contributed by atoms with Gasteiger partial charge in [-0.25, -0.2) is 4.98 Å². The first-order valence-electron chi connectivity index (χ1n) is 6.76. The average Bonchev–Trinajstić information content (AvgIpc) is 2.41. The normalized spacial score (nSPS) is 10.8. The number of pyridine rings is 1. The quantitative estimate of drug-likeness (QED) is 0.906. The van der Waals surface area contributed by atoms with Crippen molar-refractivity contribution in [2.24, 2.45) is 5.92 Å². The summed E-state index contributed by atoms with van der Waals surface area (Å²) in [5, 5.41) is 3.11. The Bertz CT molecular complexity index is 634. The molecule has 2 aromatic rings. The molecule has 0 fully saturated rings. The third kappa shape index (κ3) is 3.44. The molecule has 0 bridgehead atoms. The van der Waals surface area contributed by atoms with E-state index >= 15 is 0 Å². The minimum atomic E-state index is -0.0760. The molecule has 0 spiro atoms. The van der Waals surface area contributed by atoms with Gasteiger partial charge in [0.1, 0.15) is 0 Å². The van der Waals surface area contributed by atoms with Crippen LogP contribution in [0.3, 0.4) is 0 Å². The summed E-state index contributed by atoms with van der Waals surface area (Å²) in [5.41, 5.74) is 2.13. The Balaban J connectivity index is 2.14. The highest BCUT2D eigenvalue weighted by Crippen LogP contribution is 2.07. The Kier molecular flexibility index (Phi) is 4.50. The van der Waals surface area contributed by atoms with Crippen molar-refractivity contribution in [2.75, 3.05) is 5.32 Å². The number of nitrogens with one attached hydrogen (secondary N) is 1. The van der Waals surface area contributed by atoms with Gasteiger partial charge in [0, 0.05) is 37.9 Å². The van der Waals surface area contributed by atoms with Gasteiger partial charge < -0.3 is 9.88 Å². The van der Waals surface area contributed by atoms with Gasteiger partial charge in [0.2, 0.25) is 0 Å². The number of rotatable bonds is 5. The number of hydrogen-bond acceptors (Lipinski definition) is 4. The van der Waals surface area contributed by atoms with E-state index in [0.717, 1.165) is 11.1 Å². The minimum Gasteiger partial charge on any atom is -0.361 e. The molecule has 0 atom stereocenters. The summed E-state index contributed by atoms with van der Waals surface area (Å²) in [6.45, 7) is 7.44. The molecule has 1 N–H and O–H groups in total. The lowest BCUT2D eigenvalue weighted by Gasteiger charge is -2.11. The van der Waals surface area contributed by atoms with Gasteiger partial charge in [-0.1, -0.05) is 13.8 Å². The first-order chi connectivity index (χ1) is 9.58. The van der Waals surface area contributed by atoms with E-state index in [1.54, 1.807) is 23.2 Å². The topological polar surface area (TPSA) is 59.8 Å². The Morgan fingerprint density at radius 1 is 1.35 bits per heavy atom. The lowest BCUT2D eigenvalue weighted by Crippen LogP contribution is -2.26. The molecule has 0 aliphatic heterocycles. The number of anilines is 1. The van der Waals surface area contributed by atoms with Gasteiger partial charge in [0.15, 0.2) is 5.82 Å². The van der Waals surface area contributed by atoms with Crippen LogP contribution in [0, 0.1) is 12.8 Å². The summed E-state index contributed by atoms with van der Waals surface area (Å²) < 4.78 is 1.69. The van der Waals surface area contributed by atoms with Crippen LogP contribution in [0.25, 0.3) is 0 Å². The predicted molar refractivity (Wildman–Crippen MR) is 79.6 cm³/mol. The lowest BCUT2D eigenvalue weighted by atomic mass is 10.1. The minimum absolute atomic E-state index is 0.0760. The molecule has 0 saturated carbocycles. The summed E-state index contributed by atoms with van der Waals surface area (Å²) >= 11 is 0. The highest BCUT2D eigenvalue weighted by atomic mass is 16.1. The second-order valence-corrected chi connectivity index (χ2v) is 5.28. The van der Waals surface area contributed by atoms with Gasteiger partial charge in [-0.2, -0.15) is 0 Å². The molecule has 106 valence electrons. The molecule has 2 rings (SSSR count). The van der Waals surface area contributed by atoms with E-state index in [9.17, 15) is 4.79 Å².